The summed E-state index contributed by atoms with van der Waals surface area (Å²) in [4.78, 5) is 16.9. The van der Waals surface area contributed by atoms with Crippen LogP contribution in [0.25, 0.3) is 0 Å². The normalized spacial score (nSPS) is 16.8. The van der Waals surface area contributed by atoms with E-state index in [1.165, 1.54) is 0 Å². The first-order valence-electron chi connectivity index (χ1n) is 9.46. The lowest BCUT2D eigenvalue weighted by Gasteiger charge is -2.28. The lowest BCUT2D eigenvalue weighted by molar-refractivity contribution is -0.131. The topological polar surface area (TPSA) is 42.0 Å². The second kappa shape index (κ2) is 9.43. The molecule has 2 aromatic carbocycles. The molecule has 6 heteroatoms. The molecule has 0 aliphatic carbocycles. The monoisotopic (exact) mass is 446 g/mol. The Bertz CT molecular complexity index is 810. The van der Waals surface area contributed by atoms with E-state index in [2.05, 4.69) is 20.8 Å². The Morgan fingerprint density at radius 1 is 1.18 bits per heavy atom. The van der Waals surface area contributed by atoms with Gasteiger partial charge in [0.2, 0.25) is 5.91 Å². The lowest BCUT2D eigenvalue weighted by atomic mass is 10.0. The van der Waals surface area contributed by atoms with Gasteiger partial charge in [0.25, 0.3) is 0 Å². The first-order chi connectivity index (χ1) is 13.5. The minimum atomic E-state index is 0.122. The Morgan fingerprint density at radius 3 is 2.61 bits per heavy atom. The standard InChI is InChI=1S/C22H27BrN2O3/c1-24(14-16-6-8-17(23)9-7-16)22(26)15-25-12-4-5-20(25)19-13-18(27-2)10-11-21(19)28-3/h6-11,13,20H,4-5,12,14-15H2,1-3H3/t20-/m0/s1. The van der Waals surface area contributed by atoms with Crippen molar-refractivity contribution in [3.63, 3.8) is 0 Å². The zero-order chi connectivity index (χ0) is 20.1. The van der Waals surface area contributed by atoms with Gasteiger partial charge in [-0.1, -0.05) is 28.1 Å². The number of hydrogen-bond acceptors (Lipinski definition) is 4. The van der Waals surface area contributed by atoms with Gasteiger partial charge in [0, 0.05) is 29.7 Å². The fourth-order valence-electron chi connectivity index (χ4n) is 3.71. The Labute approximate surface area is 175 Å². The van der Waals surface area contributed by atoms with Crippen molar-refractivity contribution >= 4 is 21.8 Å². The number of carbonyl (C=O) groups excluding carboxylic acids is 1. The van der Waals surface area contributed by atoms with Gasteiger partial charge in [-0.05, 0) is 55.3 Å². The van der Waals surface area contributed by atoms with Crippen molar-refractivity contribution in [3.05, 3.63) is 58.1 Å². The number of hydrogen-bond donors (Lipinski definition) is 0. The number of halogens is 1. The second-order valence-electron chi connectivity index (χ2n) is 7.11. The molecule has 5 nitrogen and oxygen atoms in total. The maximum atomic E-state index is 12.8. The van der Waals surface area contributed by atoms with E-state index in [-0.39, 0.29) is 11.9 Å². The second-order valence-corrected chi connectivity index (χ2v) is 8.03. The number of ether oxygens (including phenoxy) is 2. The molecule has 0 bridgehead atoms. The highest BCUT2D eigenvalue weighted by atomic mass is 79.9. The van der Waals surface area contributed by atoms with Crippen LogP contribution in [0.5, 0.6) is 11.5 Å². The molecule has 0 unspecified atom stereocenters. The van der Waals surface area contributed by atoms with E-state index >= 15 is 0 Å². The summed E-state index contributed by atoms with van der Waals surface area (Å²) in [5.41, 5.74) is 2.20. The van der Waals surface area contributed by atoms with E-state index in [0.29, 0.717) is 13.1 Å². The molecule has 1 atom stereocenters. The van der Waals surface area contributed by atoms with Crippen molar-refractivity contribution in [2.45, 2.75) is 25.4 Å². The Morgan fingerprint density at radius 2 is 1.93 bits per heavy atom. The summed E-state index contributed by atoms with van der Waals surface area (Å²) in [6.45, 7) is 1.91. The summed E-state index contributed by atoms with van der Waals surface area (Å²) in [5, 5.41) is 0. The smallest absolute Gasteiger partial charge is 0.236 e. The highest BCUT2D eigenvalue weighted by molar-refractivity contribution is 9.10. The van der Waals surface area contributed by atoms with E-state index in [9.17, 15) is 4.79 Å². The summed E-state index contributed by atoms with van der Waals surface area (Å²) in [7, 11) is 5.21. The Kier molecular flexibility index (Phi) is 6.97. The number of likely N-dealkylation sites (tertiary alicyclic amines) is 1. The molecule has 0 saturated carbocycles. The van der Waals surface area contributed by atoms with Crippen LogP contribution in [0.15, 0.2) is 46.9 Å². The summed E-state index contributed by atoms with van der Waals surface area (Å²) in [5.74, 6) is 1.77. The average Bonchev–Trinajstić information content (AvgIpc) is 3.17. The maximum Gasteiger partial charge on any atom is 0.236 e. The first-order valence-corrected chi connectivity index (χ1v) is 10.3. The molecular weight excluding hydrogens is 420 g/mol. The third-order valence-electron chi connectivity index (χ3n) is 5.26. The van der Waals surface area contributed by atoms with Gasteiger partial charge in [0.15, 0.2) is 0 Å². The molecule has 2 aromatic rings. The van der Waals surface area contributed by atoms with Gasteiger partial charge >= 0.3 is 0 Å². The van der Waals surface area contributed by atoms with Crippen molar-refractivity contribution in [3.8, 4) is 11.5 Å². The minimum absolute atomic E-state index is 0.122. The number of amides is 1. The van der Waals surface area contributed by atoms with E-state index in [1.54, 1.807) is 19.1 Å². The molecule has 0 aromatic heterocycles. The van der Waals surface area contributed by atoms with Gasteiger partial charge in [-0.2, -0.15) is 0 Å². The summed E-state index contributed by atoms with van der Waals surface area (Å²) in [6, 6.07) is 14.1. The summed E-state index contributed by atoms with van der Waals surface area (Å²) < 4.78 is 12.0. The van der Waals surface area contributed by atoms with Crippen LogP contribution in [0.2, 0.25) is 0 Å². The van der Waals surface area contributed by atoms with Crippen LogP contribution >= 0.6 is 15.9 Å². The number of benzene rings is 2. The Hall–Kier alpha value is -2.05. The summed E-state index contributed by atoms with van der Waals surface area (Å²) >= 11 is 3.44. The van der Waals surface area contributed by atoms with Gasteiger partial charge in [0.1, 0.15) is 11.5 Å². The number of likely N-dealkylation sites (N-methyl/N-ethyl adjacent to an activating group) is 1. The van der Waals surface area contributed by atoms with Gasteiger partial charge in [-0.3, -0.25) is 9.69 Å². The third-order valence-corrected chi connectivity index (χ3v) is 5.79. The predicted molar refractivity (Wildman–Crippen MR) is 114 cm³/mol. The van der Waals surface area contributed by atoms with Gasteiger partial charge < -0.3 is 14.4 Å². The molecule has 1 fully saturated rings. The largest absolute Gasteiger partial charge is 0.497 e. The SMILES string of the molecule is COc1ccc(OC)c([C@@H]2CCCN2CC(=O)N(C)Cc2ccc(Br)cc2)c1. The fourth-order valence-corrected chi connectivity index (χ4v) is 3.98. The van der Waals surface area contributed by atoms with Crippen LogP contribution in [0.1, 0.15) is 30.0 Å². The van der Waals surface area contributed by atoms with Crippen molar-refractivity contribution in [2.75, 3.05) is 34.4 Å². The molecule has 3 rings (SSSR count). The van der Waals surface area contributed by atoms with E-state index < -0.39 is 0 Å². The molecule has 0 spiro atoms. The molecule has 150 valence electrons. The molecule has 1 amide bonds. The van der Waals surface area contributed by atoms with Crippen molar-refractivity contribution in [2.24, 2.45) is 0 Å². The minimum Gasteiger partial charge on any atom is -0.497 e. The van der Waals surface area contributed by atoms with E-state index in [0.717, 1.165) is 46.5 Å². The van der Waals surface area contributed by atoms with Crippen molar-refractivity contribution in [1.82, 2.24) is 9.80 Å². The van der Waals surface area contributed by atoms with E-state index in [1.807, 2.05) is 49.5 Å². The Balaban J connectivity index is 1.69. The molecule has 1 heterocycles. The molecule has 1 aliphatic heterocycles. The molecule has 1 aliphatic rings. The molecular formula is C22H27BrN2O3. The average molecular weight is 447 g/mol. The van der Waals surface area contributed by atoms with Gasteiger partial charge in [0.05, 0.1) is 20.8 Å². The number of methoxy groups -OCH3 is 2. The summed E-state index contributed by atoms with van der Waals surface area (Å²) in [6.07, 6.45) is 2.07. The molecule has 1 saturated heterocycles. The predicted octanol–water partition coefficient (Wildman–Crippen LogP) is 4.26. The molecule has 0 radical (unpaired) electrons. The van der Waals surface area contributed by atoms with Crippen LogP contribution < -0.4 is 9.47 Å². The zero-order valence-corrected chi connectivity index (χ0v) is 18.2. The molecule has 0 N–H and O–H groups in total. The van der Waals surface area contributed by atoms with Gasteiger partial charge in [-0.25, -0.2) is 0 Å². The van der Waals surface area contributed by atoms with Crippen LogP contribution in [0.4, 0.5) is 0 Å². The highest BCUT2D eigenvalue weighted by Crippen LogP contribution is 2.38. The van der Waals surface area contributed by atoms with Crippen LogP contribution in [0, 0.1) is 0 Å². The third kappa shape index (κ3) is 4.86. The van der Waals surface area contributed by atoms with Crippen LogP contribution in [-0.2, 0) is 11.3 Å². The molecule has 28 heavy (non-hydrogen) atoms. The van der Waals surface area contributed by atoms with E-state index in [4.69, 9.17) is 9.47 Å². The zero-order valence-electron chi connectivity index (χ0n) is 16.7. The van der Waals surface area contributed by atoms with Crippen LogP contribution in [-0.4, -0.2) is 50.1 Å². The number of carbonyl (C=O) groups is 1. The number of rotatable bonds is 7. The van der Waals surface area contributed by atoms with Crippen LogP contribution in [0.3, 0.4) is 0 Å². The van der Waals surface area contributed by atoms with Crippen molar-refractivity contribution < 1.29 is 14.3 Å². The van der Waals surface area contributed by atoms with Gasteiger partial charge in [-0.15, -0.1) is 0 Å². The van der Waals surface area contributed by atoms with Crippen molar-refractivity contribution in [1.29, 1.82) is 0 Å². The lowest BCUT2D eigenvalue weighted by Crippen LogP contribution is -2.37. The fraction of sp³-hybridized carbons (Fsp3) is 0.409. The highest BCUT2D eigenvalue weighted by Gasteiger charge is 2.30. The quantitative estimate of drug-likeness (QED) is 0.636. The number of nitrogens with zero attached hydrogens (tertiary/aromatic N) is 2. The first kappa shape index (κ1) is 20.7. The maximum absolute atomic E-state index is 12.8.